The summed E-state index contributed by atoms with van der Waals surface area (Å²) in [6, 6.07) is 25.0. The van der Waals surface area contributed by atoms with Crippen LogP contribution < -0.4 is 0 Å². The van der Waals surface area contributed by atoms with Crippen molar-refractivity contribution in [1.82, 2.24) is 0 Å². The molecule has 0 bridgehead atoms. The van der Waals surface area contributed by atoms with Crippen molar-refractivity contribution >= 4 is 21.8 Å². The van der Waals surface area contributed by atoms with E-state index < -0.39 is 21.8 Å². The normalized spacial score (nSPS) is 10.4. The van der Waals surface area contributed by atoms with E-state index in [0.29, 0.717) is 11.1 Å². The Labute approximate surface area is 213 Å². The molecule has 7 heteroatoms. The summed E-state index contributed by atoms with van der Waals surface area (Å²) in [5.74, 6) is 8.71. The number of carboxylic acid groups (broad SMARTS) is 2. The Bertz CT molecular complexity index is 1610. The van der Waals surface area contributed by atoms with Crippen molar-refractivity contribution in [3.63, 3.8) is 0 Å². The van der Waals surface area contributed by atoms with Crippen LogP contribution >= 0.6 is 0 Å². The Hall–Kier alpha value is -5.11. The van der Waals surface area contributed by atoms with Crippen LogP contribution in [-0.2, 0) is 9.84 Å². The summed E-state index contributed by atoms with van der Waals surface area (Å²) in [4.78, 5) is 22.8. The highest BCUT2D eigenvalue weighted by Gasteiger charge is 2.22. The van der Waals surface area contributed by atoms with Crippen molar-refractivity contribution in [3.8, 4) is 23.7 Å². The van der Waals surface area contributed by atoms with Gasteiger partial charge in [0.05, 0.1) is 20.9 Å². The first-order valence-corrected chi connectivity index (χ1v) is 12.4. The fourth-order valence-corrected chi connectivity index (χ4v) is 4.77. The molecule has 180 valence electrons. The van der Waals surface area contributed by atoms with E-state index in [1.807, 2.05) is 12.1 Å². The van der Waals surface area contributed by atoms with Gasteiger partial charge in [0.25, 0.3) is 0 Å². The molecule has 0 saturated carbocycles. The van der Waals surface area contributed by atoms with E-state index in [2.05, 4.69) is 23.7 Å². The Morgan fingerprint density at radius 2 is 0.865 bits per heavy atom. The van der Waals surface area contributed by atoms with Gasteiger partial charge in [-0.15, -0.1) is 0 Å². The monoisotopic (exact) mass is 506 g/mol. The lowest BCUT2D eigenvalue weighted by atomic mass is 10.1. The molecule has 0 aliphatic rings. The molecule has 2 N–H and O–H groups in total. The van der Waals surface area contributed by atoms with Gasteiger partial charge in [0.1, 0.15) is 0 Å². The second kappa shape index (κ2) is 10.7. The van der Waals surface area contributed by atoms with Crippen LogP contribution in [0, 0.1) is 23.7 Å². The topological polar surface area (TPSA) is 109 Å². The van der Waals surface area contributed by atoms with E-state index in [4.69, 9.17) is 0 Å². The summed E-state index contributed by atoms with van der Waals surface area (Å²) in [7, 11) is -4.32. The summed E-state index contributed by atoms with van der Waals surface area (Å²) < 4.78 is 27.1. The first-order valence-electron chi connectivity index (χ1n) is 10.9. The zero-order valence-electron chi connectivity index (χ0n) is 19.2. The predicted molar refractivity (Wildman–Crippen MR) is 137 cm³/mol. The summed E-state index contributed by atoms with van der Waals surface area (Å²) in [6.07, 6.45) is 0. The Balaban J connectivity index is 1.83. The molecule has 0 aliphatic carbocycles. The molecule has 0 saturated heterocycles. The maximum Gasteiger partial charge on any atom is 0.335 e. The molecule has 0 aliphatic heterocycles. The number of rotatable bonds is 4. The molecule has 4 aromatic carbocycles. The second-order valence-electron chi connectivity index (χ2n) is 7.84. The number of hydrogen-bond donors (Lipinski definition) is 2. The van der Waals surface area contributed by atoms with Gasteiger partial charge in [-0.05, 0) is 60.7 Å². The SMILES string of the molecule is O=C(O)c1cc(C#Cc2ccccc2)cc(S(=O)(=O)c2cc(C#Cc3ccccc3)cc(C(=O)O)c2)c1. The standard InChI is InChI=1S/C30H18O6S/c31-29(32)25-15-23(13-11-21-7-3-1-4-8-21)17-27(19-25)37(35,36)28-18-24(16-26(20-28)30(33)34)14-12-22-9-5-2-6-10-22/h1-10,15-20H,(H,31,32)(H,33,34). The number of sulfone groups is 1. The minimum atomic E-state index is -4.32. The van der Waals surface area contributed by atoms with Gasteiger partial charge in [0.15, 0.2) is 0 Å². The molecule has 37 heavy (non-hydrogen) atoms. The van der Waals surface area contributed by atoms with Crippen LogP contribution in [0.5, 0.6) is 0 Å². The first kappa shape index (κ1) is 25.0. The number of hydrogen-bond acceptors (Lipinski definition) is 4. The first-order chi connectivity index (χ1) is 17.7. The number of benzene rings is 4. The van der Waals surface area contributed by atoms with Gasteiger partial charge >= 0.3 is 11.9 Å². The van der Waals surface area contributed by atoms with Crippen LogP contribution in [0.3, 0.4) is 0 Å². The highest BCUT2D eigenvalue weighted by atomic mass is 32.2. The van der Waals surface area contributed by atoms with Crippen LogP contribution in [0.2, 0.25) is 0 Å². The van der Waals surface area contributed by atoms with Crippen molar-refractivity contribution in [1.29, 1.82) is 0 Å². The third-order valence-electron chi connectivity index (χ3n) is 5.18. The molecule has 4 aromatic rings. The molecule has 0 heterocycles. The van der Waals surface area contributed by atoms with E-state index >= 15 is 0 Å². The van der Waals surface area contributed by atoms with Gasteiger partial charge in [-0.2, -0.15) is 0 Å². The smallest absolute Gasteiger partial charge is 0.335 e. The Morgan fingerprint density at radius 3 is 1.22 bits per heavy atom. The van der Waals surface area contributed by atoms with Crippen molar-refractivity contribution in [2.75, 3.05) is 0 Å². The molecule has 0 spiro atoms. The molecule has 0 atom stereocenters. The Kier molecular flexibility index (Phi) is 7.20. The summed E-state index contributed by atoms with van der Waals surface area (Å²) in [5, 5.41) is 19.1. The van der Waals surface area contributed by atoms with Crippen molar-refractivity contribution in [2.24, 2.45) is 0 Å². The maximum absolute atomic E-state index is 13.6. The van der Waals surface area contributed by atoms with Crippen LogP contribution in [0.4, 0.5) is 0 Å². The minimum Gasteiger partial charge on any atom is -0.478 e. The largest absolute Gasteiger partial charge is 0.478 e. The lowest BCUT2D eigenvalue weighted by molar-refractivity contribution is 0.0686. The molecule has 0 radical (unpaired) electrons. The zero-order valence-corrected chi connectivity index (χ0v) is 20.0. The molecule has 0 fully saturated rings. The van der Waals surface area contributed by atoms with Crippen molar-refractivity contribution in [3.05, 3.63) is 130 Å². The third-order valence-corrected chi connectivity index (χ3v) is 6.89. The highest BCUT2D eigenvalue weighted by molar-refractivity contribution is 7.91. The van der Waals surface area contributed by atoms with E-state index in [0.717, 1.165) is 12.1 Å². The molecule has 0 aromatic heterocycles. The van der Waals surface area contributed by atoms with Crippen molar-refractivity contribution in [2.45, 2.75) is 9.79 Å². The zero-order chi connectivity index (χ0) is 26.4. The number of aromatic carboxylic acids is 2. The highest BCUT2D eigenvalue weighted by Crippen LogP contribution is 2.25. The lowest BCUT2D eigenvalue weighted by Gasteiger charge is -2.09. The van der Waals surface area contributed by atoms with E-state index in [1.54, 1.807) is 48.5 Å². The van der Waals surface area contributed by atoms with Gasteiger partial charge in [-0.25, -0.2) is 18.0 Å². The summed E-state index contributed by atoms with van der Waals surface area (Å²) in [5.41, 5.74) is 1.17. The number of carboxylic acids is 2. The summed E-state index contributed by atoms with van der Waals surface area (Å²) in [6.45, 7) is 0. The molecule has 0 amide bonds. The van der Waals surface area contributed by atoms with Gasteiger partial charge in [0, 0.05) is 22.3 Å². The van der Waals surface area contributed by atoms with Crippen molar-refractivity contribution < 1.29 is 28.2 Å². The molecular formula is C30H18O6S. The minimum absolute atomic E-state index is 0.181. The van der Waals surface area contributed by atoms with Gasteiger partial charge in [0.2, 0.25) is 9.84 Å². The molecular weight excluding hydrogens is 488 g/mol. The van der Waals surface area contributed by atoms with E-state index in [-0.39, 0.29) is 32.0 Å². The molecule has 0 unspecified atom stereocenters. The van der Waals surface area contributed by atoms with E-state index in [1.165, 1.54) is 24.3 Å². The summed E-state index contributed by atoms with van der Waals surface area (Å²) >= 11 is 0. The third kappa shape index (κ3) is 6.12. The maximum atomic E-state index is 13.6. The van der Waals surface area contributed by atoms with Crippen LogP contribution in [0.25, 0.3) is 0 Å². The van der Waals surface area contributed by atoms with Gasteiger partial charge in [-0.3, -0.25) is 0 Å². The second-order valence-corrected chi connectivity index (χ2v) is 9.79. The average molecular weight is 507 g/mol. The molecule has 4 rings (SSSR count). The van der Waals surface area contributed by atoms with Crippen LogP contribution in [0.1, 0.15) is 43.0 Å². The average Bonchev–Trinajstić information content (AvgIpc) is 2.91. The fourth-order valence-electron chi connectivity index (χ4n) is 3.37. The fraction of sp³-hybridized carbons (Fsp3) is 0. The van der Waals surface area contributed by atoms with Gasteiger partial charge < -0.3 is 10.2 Å². The van der Waals surface area contributed by atoms with Gasteiger partial charge in [-0.1, -0.05) is 60.1 Å². The van der Waals surface area contributed by atoms with E-state index in [9.17, 15) is 28.2 Å². The quantitative estimate of drug-likeness (QED) is 0.388. The predicted octanol–water partition coefficient (Wildman–Crippen LogP) is 4.72. The molecule has 6 nitrogen and oxygen atoms in total. The Morgan fingerprint density at radius 1 is 0.514 bits per heavy atom. The van der Waals surface area contributed by atoms with Crippen LogP contribution in [0.15, 0.2) is 107 Å². The lowest BCUT2D eigenvalue weighted by Crippen LogP contribution is -2.08. The van der Waals surface area contributed by atoms with Crippen LogP contribution in [-0.4, -0.2) is 30.6 Å². The number of carbonyl (C=O) groups is 2.